The third-order valence-corrected chi connectivity index (χ3v) is 3.75. The number of anilines is 1. The SMILES string of the molecule is OCC(Nc1cncc(-c2cccc(Cl)c2)n1)c1cccc(F)c1. The molecule has 3 aromatic rings. The molecule has 122 valence electrons. The van der Waals surface area contributed by atoms with Gasteiger partial charge in [-0.2, -0.15) is 0 Å². The van der Waals surface area contributed by atoms with E-state index < -0.39 is 6.04 Å². The Morgan fingerprint density at radius 3 is 2.71 bits per heavy atom. The van der Waals surface area contributed by atoms with Crippen LogP contribution in [0.25, 0.3) is 11.3 Å². The lowest BCUT2D eigenvalue weighted by Crippen LogP contribution is -2.16. The molecular formula is C18H15ClFN3O. The number of hydrogen-bond donors (Lipinski definition) is 2. The van der Waals surface area contributed by atoms with Gasteiger partial charge in [-0.3, -0.25) is 4.98 Å². The Labute approximate surface area is 144 Å². The van der Waals surface area contributed by atoms with E-state index in [9.17, 15) is 9.50 Å². The summed E-state index contributed by atoms with van der Waals surface area (Å²) in [5, 5.41) is 13.3. The van der Waals surface area contributed by atoms with Gasteiger partial charge in [0, 0.05) is 10.6 Å². The Bertz CT molecular complexity index is 844. The second-order valence-corrected chi connectivity index (χ2v) is 5.67. The van der Waals surface area contributed by atoms with Gasteiger partial charge in [0.25, 0.3) is 0 Å². The molecule has 0 saturated heterocycles. The predicted molar refractivity (Wildman–Crippen MR) is 92.3 cm³/mol. The first-order valence-electron chi connectivity index (χ1n) is 7.36. The number of aliphatic hydroxyl groups is 1. The molecule has 3 rings (SSSR count). The van der Waals surface area contributed by atoms with Gasteiger partial charge in [0.2, 0.25) is 0 Å². The number of rotatable bonds is 5. The summed E-state index contributed by atoms with van der Waals surface area (Å²) in [5.41, 5.74) is 2.12. The molecule has 0 aliphatic rings. The number of hydrogen-bond acceptors (Lipinski definition) is 4. The zero-order chi connectivity index (χ0) is 16.9. The molecule has 24 heavy (non-hydrogen) atoms. The van der Waals surface area contributed by atoms with Crippen LogP contribution in [0.15, 0.2) is 60.9 Å². The van der Waals surface area contributed by atoms with Crippen LogP contribution in [0.5, 0.6) is 0 Å². The molecule has 0 aliphatic carbocycles. The summed E-state index contributed by atoms with van der Waals surface area (Å²) in [5.74, 6) is 0.127. The fourth-order valence-corrected chi connectivity index (χ4v) is 2.55. The van der Waals surface area contributed by atoms with Crippen molar-refractivity contribution in [1.29, 1.82) is 0 Å². The molecule has 1 atom stereocenters. The molecule has 0 saturated carbocycles. The normalized spacial score (nSPS) is 12.0. The smallest absolute Gasteiger partial charge is 0.145 e. The van der Waals surface area contributed by atoms with Crippen molar-refractivity contribution in [3.05, 3.63) is 77.3 Å². The van der Waals surface area contributed by atoms with Gasteiger partial charge in [0.1, 0.15) is 11.6 Å². The van der Waals surface area contributed by atoms with Crippen molar-refractivity contribution in [2.24, 2.45) is 0 Å². The van der Waals surface area contributed by atoms with Crippen LogP contribution in [-0.4, -0.2) is 21.7 Å². The molecule has 1 heterocycles. The van der Waals surface area contributed by atoms with Gasteiger partial charge in [0.05, 0.1) is 30.7 Å². The Kier molecular flexibility index (Phi) is 5.03. The number of benzene rings is 2. The van der Waals surface area contributed by atoms with E-state index in [4.69, 9.17) is 11.6 Å². The first-order valence-corrected chi connectivity index (χ1v) is 7.74. The van der Waals surface area contributed by atoms with Crippen molar-refractivity contribution in [2.45, 2.75) is 6.04 Å². The van der Waals surface area contributed by atoms with Crippen LogP contribution in [0.3, 0.4) is 0 Å². The quantitative estimate of drug-likeness (QED) is 0.733. The van der Waals surface area contributed by atoms with Gasteiger partial charge < -0.3 is 10.4 Å². The van der Waals surface area contributed by atoms with E-state index in [1.165, 1.54) is 12.1 Å². The fourth-order valence-electron chi connectivity index (χ4n) is 2.36. The number of nitrogens with one attached hydrogen (secondary N) is 1. The van der Waals surface area contributed by atoms with Crippen molar-refractivity contribution in [2.75, 3.05) is 11.9 Å². The lowest BCUT2D eigenvalue weighted by molar-refractivity contribution is 0.276. The number of aliphatic hydroxyl groups excluding tert-OH is 1. The lowest BCUT2D eigenvalue weighted by Gasteiger charge is -2.17. The van der Waals surface area contributed by atoms with Crippen molar-refractivity contribution < 1.29 is 9.50 Å². The number of nitrogens with zero attached hydrogens (tertiary/aromatic N) is 2. The molecule has 1 unspecified atom stereocenters. The average Bonchev–Trinajstić information content (AvgIpc) is 2.60. The zero-order valence-corrected chi connectivity index (χ0v) is 13.4. The van der Waals surface area contributed by atoms with Gasteiger partial charge in [0.15, 0.2) is 0 Å². The molecule has 1 aromatic heterocycles. The van der Waals surface area contributed by atoms with Gasteiger partial charge in [-0.1, -0.05) is 35.9 Å². The first-order chi connectivity index (χ1) is 11.7. The molecule has 0 fully saturated rings. The lowest BCUT2D eigenvalue weighted by atomic mass is 10.1. The summed E-state index contributed by atoms with van der Waals surface area (Å²) in [4.78, 5) is 8.65. The van der Waals surface area contributed by atoms with Crippen molar-refractivity contribution in [3.8, 4) is 11.3 Å². The van der Waals surface area contributed by atoms with E-state index in [1.807, 2.05) is 12.1 Å². The molecule has 6 heteroatoms. The molecule has 0 bridgehead atoms. The van der Waals surface area contributed by atoms with Gasteiger partial charge in [-0.15, -0.1) is 0 Å². The average molecular weight is 344 g/mol. The molecule has 2 N–H and O–H groups in total. The standard InChI is InChI=1S/C18H15ClFN3O/c19-14-5-1-3-12(7-14)16-9-21-10-18(22-16)23-17(11-24)13-4-2-6-15(20)8-13/h1-10,17,24H,11H2,(H,22,23). The third-order valence-electron chi connectivity index (χ3n) is 3.51. The highest BCUT2D eigenvalue weighted by Gasteiger charge is 2.12. The highest BCUT2D eigenvalue weighted by molar-refractivity contribution is 6.30. The molecule has 4 nitrogen and oxygen atoms in total. The minimum Gasteiger partial charge on any atom is -0.394 e. The maximum atomic E-state index is 13.4. The van der Waals surface area contributed by atoms with E-state index >= 15 is 0 Å². The monoisotopic (exact) mass is 343 g/mol. The third kappa shape index (κ3) is 3.88. The summed E-state index contributed by atoms with van der Waals surface area (Å²) in [7, 11) is 0. The van der Waals surface area contributed by atoms with Crippen LogP contribution < -0.4 is 5.32 Å². The van der Waals surface area contributed by atoms with Gasteiger partial charge in [-0.05, 0) is 29.8 Å². The fraction of sp³-hybridized carbons (Fsp3) is 0.111. The molecule has 0 radical (unpaired) electrons. The van der Waals surface area contributed by atoms with Crippen LogP contribution in [-0.2, 0) is 0 Å². The number of aromatic nitrogens is 2. The minimum absolute atomic E-state index is 0.202. The van der Waals surface area contributed by atoms with Crippen molar-refractivity contribution in [1.82, 2.24) is 9.97 Å². The van der Waals surface area contributed by atoms with Crippen LogP contribution in [0.4, 0.5) is 10.2 Å². The summed E-state index contributed by atoms with van der Waals surface area (Å²) in [6, 6.07) is 12.9. The van der Waals surface area contributed by atoms with E-state index in [-0.39, 0.29) is 12.4 Å². The van der Waals surface area contributed by atoms with Gasteiger partial charge >= 0.3 is 0 Å². The van der Waals surface area contributed by atoms with E-state index in [0.29, 0.717) is 22.1 Å². The van der Waals surface area contributed by atoms with E-state index in [1.54, 1.807) is 36.7 Å². The molecule has 0 amide bonds. The predicted octanol–water partition coefficient (Wildman–Crippen LogP) is 4.08. The van der Waals surface area contributed by atoms with Gasteiger partial charge in [-0.25, -0.2) is 9.37 Å². The largest absolute Gasteiger partial charge is 0.394 e. The Hall–Kier alpha value is -2.50. The number of halogens is 2. The Balaban J connectivity index is 1.86. The van der Waals surface area contributed by atoms with E-state index in [2.05, 4.69) is 15.3 Å². The second-order valence-electron chi connectivity index (χ2n) is 5.23. The summed E-state index contributed by atoms with van der Waals surface area (Å²) in [6.07, 6.45) is 3.18. The highest BCUT2D eigenvalue weighted by atomic mass is 35.5. The molecule has 2 aromatic carbocycles. The highest BCUT2D eigenvalue weighted by Crippen LogP contribution is 2.23. The topological polar surface area (TPSA) is 58.0 Å². The van der Waals surface area contributed by atoms with Crippen LogP contribution >= 0.6 is 11.6 Å². The van der Waals surface area contributed by atoms with Crippen LogP contribution in [0.2, 0.25) is 5.02 Å². The second kappa shape index (κ2) is 7.38. The Morgan fingerprint density at radius 1 is 1.12 bits per heavy atom. The van der Waals surface area contributed by atoms with E-state index in [0.717, 1.165) is 5.56 Å². The molecule has 0 aliphatic heterocycles. The Morgan fingerprint density at radius 2 is 1.96 bits per heavy atom. The zero-order valence-electron chi connectivity index (χ0n) is 12.7. The maximum Gasteiger partial charge on any atom is 0.145 e. The molecule has 0 spiro atoms. The maximum absolute atomic E-state index is 13.4. The van der Waals surface area contributed by atoms with Crippen molar-refractivity contribution >= 4 is 17.4 Å². The van der Waals surface area contributed by atoms with Crippen LogP contribution in [0, 0.1) is 5.82 Å². The summed E-state index contributed by atoms with van der Waals surface area (Å²) >= 11 is 6.00. The summed E-state index contributed by atoms with van der Waals surface area (Å²) < 4.78 is 13.4. The molecular weight excluding hydrogens is 329 g/mol. The minimum atomic E-state index is -0.482. The summed E-state index contributed by atoms with van der Waals surface area (Å²) in [6.45, 7) is -0.202. The van der Waals surface area contributed by atoms with Crippen molar-refractivity contribution in [3.63, 3.8) is 0 Å². The first kappa shape index (κ1) is 16.4. The van der Waals surface area contributed by atoms with Crippen LogP contribution in [0.1, 0.15) is 11.6 Å².